The molecule has 0 aliphatic carbocycles. The molecule has 0 saturated heterocycles. The van der Waals surface area contributed by atoms with Crippen molar-refractivity contribution in [3.8, 4) is 23.0 Å². The molecule has 0 spiro atoms. The molecule has 24 heavy (non-hydrogen) atoms. The molecule has 3 aromatic carbocycles. The Hall–Kier alpha value is -2.79. The standard InChI is InChI=1S/C19H12BrNO3/c20-12-5-7-13(8-6-12)23-14-9-10-15-18(11-14)24-17-4-2-1-3-16(17)21-19(15)22/h1-11H,(H,21,22). The topological polar surface area (TPSA) is 47.6 Å². The highest BCUT2D eigenvalue weighted by Gasteiger charge is 2.21. The number of rotatable bonds is 2. The molecule has 1 amide bonds. The third-order valence-corrected chi connectivity index (χ3v) is 4.13. The lowest BCUT2D eigenvalue weighted by Gasteiger charge is -2.10. The molecule has 0 fully saturated rings. The van der Waals surface area contributed by atoms with E-state index in [2.05, 4.69) is 21.2 Å². The van der Waals surface area contributed by atoms with E-state index in [1.165, 1.54) is 0 Å². The van der Waals surface area contributed by atoms with Crippen LogP contribution in [0.25, 0.3) is 0 Å². The van der Waals surface area contributed by atoms with Crippen LogP contribution in [-0.4, -0.2) is 5.91 Å². The predicted octanol–water partition coefficient (Wildman–Crippen LogP) is 5.60. The summed E-state index contributed by atoms with van der Waals surface area (Å²) in [7, 11) is 0. The Kier molecular flexibility index (Phi) is 3.70. The van der Waals surface area contributed by atoms with Gasteiger partial charge in [0.1, 0.15) is 17.2 Å². The van der Waals surface area contributed by atoms with Crippen molar-refractivity contribution < 1.29 is 14.3 Å². The van der Waals surface area contributed by atoms with Gasteiger partial charge in [0.15, 0.2) is 5.75 Å². The number of anilines is 1. The van der Waals surface area contributed by atoms with Crippen LogP contribution in [0.3, 0.4) is 0 Å². The number of hydrogen-bond acceptors (Lipinski definition) is 3. The van der Waals surface area contributed by atoms with Gasteiger partial charge in [-0.2, -0.15) is 0 Å². The molecule has 1 aliphatic heterocycles. The van der Waals surface area contributed by atoms with Gasteiger partial charge in [-0.1, -0.05) is 28.1 Å². The van der Waals surface area contributed by atoms with Crippen molar-refractivity contribution in [2.75, 3.05) is 5.32 Å². The molecule has 0 aromatic heterocycles. The number of carbonyl (C=O) groups excluding carboxylic acids is 1. The molecule has 3 aromatic rings. The Bertz CT molecular complexity index is 922. The number of hydrogen-bond donors (Lipinski definition) is 1. The Morgan fingerprint density at radius 1 is 0.875 bits per heavy atom. The highest BCUT2D eigenvalue weighted by atomic mass is 79.9. The van der Waals surface area contributed by atoms with Gasteiger partial charge in [0.25, 0.3) is 5.91 Å². The summed E-state index contributed by atoms with van der Waals surface area (Å²) in [5, 5.41) is 2.84. The van der Waals surface area contributed by atoms with Crippen LogP contribution >= 0.6 is 15.9 Å². The number of fused-ring (bicyclic) bond motifs is 2. The van der Waals surface area contributed by atoms with Crippen molar-refractivity contribution in [2.45, 2.75) is 0 Å². The zero-order chi connectivity index (χ0) is 16.5. The average molecular weight is 382 g/mol. The maximum atomic E-state index is 12.3. The number of halogens is 1. The van der Waals surface area contributed by atoms with E-state index in [-0.39, 0.29) is 5.91 Å². The third kappa shape index (κ3) is 2.86. The van der Waals surface area contributed by atoms with Crippen molar-refractivity contribution in [1.29, 1.82) is 0 Å². The van der Waals surface area contributed by atoms with Gasteiger partial charge in [-0.15, -0.1) is 0 Å². The zero-order valence-electron chi connectivity index (χ0n) is 12.5. The van der Waals surface area contributed by atoms with Crippen LogP contribution in [0.2, 0.25) is 0 Å². The van der Waals surface area contributed by atoms with Crippen LogP contribution in [0.4, 0.5) is 5.69 Å². The van der Waals surface area contributed by atoms with Gasteiger partial charge in [-0.25, -0.2) is 0 Å². The molecule has 0 atom stereocenters. The van der Waals surface area contributed by atoms with E-state index in [1.807, 2.05) is 42.5 Å². The van der Waals surface area contributed by atoms with Crippen molar-refractivity contribution in [3.05, 3.63) is 76.8 Å². The lowest BCUT2D eigenvalue weighted by atomic mass is 10.2. The van der Waals surface area contributed by atoms with E-state index in [0.717, 1.165) is 4.47 Å². The summed E-state index contributed by atoms with van der Waals surface area (Å²) < 4.78 is 12.7. The molecule has 0 saturated carbocycles. The molecule has 4 nitrogen and oxygen atoms in total. The zero-order valence-corrected chi connectivity index (χ0v) is 14.0. The predicted molar refractivity (Wildman–Crippen MR) is 95.1 cm³/mol. The first-order chi connectivity index (χ1) is 11.7. The van der Waals surface area contributed by atoms with Crippen LogP contribution in [-0.2, 0) is 0 Å². The first-order valence-electron chi connectivity index (χ1n) is 7.35. The molecule has 118 valence electrons. The molecular weight excluding hydrogens is 370 g/mol. The van der Waals surface area contributed by atoms with Gasteiger partial charge in [0.05, 0.1) is 11.3 Å². The lowest BCUT2D eigenvalue weighted by Crippen LogP contribution is -2.10. The Morgan fingerprint density at radius 3 is 2.46 bits per heavy atom. The lowest BCUT2D eigenvalue weighted by molar-refractivity contribution is 0.102. The van der Waals surface area contributed by atoms with Crippen molar-refractivity contribution >= 4 is 27.5 Å². The number of nitrogens with one attached hydrogen (secondary N) is 1. The summed E-state index contributed by atoms with van der Waals surface area (Å²) in [5.74, 6) is 2.17. The molecule has 1 heterocycles. The number of benzene rings is 3. The molecular formula is C19H12BrNO3. The second-order valence-electron chi connectivity index (χ2n) is 5.27. The summed E-state index contributed by atoms with van der Waals surface area (Å²) in [4.78, 5) is 12.3. The van der Waals surface area contributed by atoms with Gasteiger partial charge in [0, 0.05) is 10.5 Å². The van der Waals surface area contributed by atoms with Crippen LogP contribution < -0.4 is 14.8 Å². The minimum atomic E-state index is -0.204. The number of carbonyl (C=O) groups is 1. The van der Waals surface area contributed by atoms with Gasteiger partial charge >= 0.3 is 0 Å². The summed E-state index contributed by atoms with van der Waals surface area (Å²) in [5.41, 5.74) is 1.11. The molecule has 0 radical (unpaired) electrons. The maximum Gasteiger partial charge on any atom is 0.259 e. The Morgan fingerprint density at radius 2 is 1.62 bits per heavy atom. The van der Waals surface area contributed by atoms with Crippen LogP contribution in [0.15, 0.2) is 71.2 Å². The maximum absolute atomic E-state index is 12.3. The number of para-hydroxylation sites is 2. The fourth-order valence-corrected chi connectivity index (χ4v) is 2.71. The quantitative estimate of drug-likeness (QED) is 0.628. The highest BCUT2D eigenvalue weighted by Crippen LogP contribution is 2.38. The summed E-state index contributed by atoms with van der Waals surface area (Å²) in [6.07, 6.45) is 0. The van der Waals surface area contributed by atoms with E-state index >= 15 is 0 Å². The minimum absolute atomic E-state index is 0.204. The van der Waals surface area contributed by atoms with Crippen LogP contribution in [0.1, 0.15) is 10.4 Å². The Labute approximate surface area is 147 Å². The minimum Gasteiger partial charge on any atom is -0.457 e. The fourth-order valence-electron chi connectivity index (χ4n) is 2.44. The first kappa shape index (κ1) is 14.8. The monoisotopic (exact) mass is 381 g/mol. The molecule has 5 heteroatoms. The second-order valence-corrected chi connectivity index (χ2v) is 6.18. The van der Waals surface area contributed by atoms with E-state index in [1.54, 1.807) is 24.3 Å². The second kappa shape index (κ2) is 6.02. The number of ether oxygens (including phenoxy) is 2. The van der Waals surface area contributed by atoms with E-state index in [0.29, 0.717) is 34.2 Å². The first-order valence-corrected chi connectivity index (χ1v) is 8.14. The smallest absolute Gasteiger partial charge is 0.259 e. The van der Waals surface area contributed by atoms with E-state index < -0.39 is 0 Å². The summed E-state index contributed by atoms with van der Waals surface area (Å²) >= 11 is 3.39. The molecule has 0 unspecified atom stereocenters. The highest BCUT2D eigenvalue weighted by molar-refractivity contribution is 9.10. The van der Waals surface area contributed by atoms with Gasteiger partial charge in [-0.3, -0.25) is 4.79 Å². The SMILES string of the molecule is O=C1Nc2ccccc2Oc2cc(Oc3ccc(Br)cc3)ccc21. The molecule has 0 bridgehead atoms. The fraction of sp³-hybridized carbons (Fsp3) is 0. The summed E-state index contributed by atoms with van der Waals surface area (Å²) in [6.45, 7) is 0. The van der Waals surface area contributed by atoms with Gasteiger partial charge in [0.2, 0.25) is 0 Å². The van der Waals surface area contributed by atoms with Crippen molar-refractivity contribution in [1.82, 2.24) is 0 Å². The normalized spacial score (nSPS) is 12.3. The Balaban J connectivity index is 1.69. The van der Waals surface area contributed by atoms with Crippen LogP contribution in [0, 0.1) is 0 Å². The average Bonchev–Trinajstić information content (AvgIpc) is 2.72. The molecule has 1 aliphatic rings. The van der Waals surface area contributed by atoms with E-state index in [9.17, 15) is 4.79 Å². The molecule has 4 rings (SSSR count). The summed E-state index contributed by atoms with van der Waals surface area (Å²) in [6, 6.07) is 20.0. The van der Waals surface area contributed by atoms with Gasteiger partial charge in [-0.05, 0) is 48.5 Å². The largest absolute Gasteiger partial charge is 0.457 e. The molecule has 1 N–H and O–H groups in total. The van der Waals surface area contributed by atoms with Crippen LogP contribution in [0.5, 0.6) is 23.0 Å². The van der Waals surface area contributed by atoms with E-state index in [4.69, 9.17) is 9.47 Å². The number of amides is 1. The van der Waals surface area contributed by atoms with Gasteiger partial charge < -0.3 is 14.8 Å². The van der Waals surface area contributed by atoms with Crippen molar-refractivity contribution in [2.24, 2.45) is 0 Å². The third-order valence-electron chi connectivity index (χ3n) is 3.60. The van der Waals surface area contributed by atoms with Crippen molar-refractivity contribution in [3.63, 3.8) is 0 Å².